The van der Waals surface area contributed by atoms with Gasteiger partial charge in [-0.15, -0.1) is 0 Å². The summed E-state index contributed by atoms with van der Waals surface area (Å²) in [5, 5.41) is -1.37. The average Bonchev–Trinajstić information content (AvgIpc) is 3.02. The Hall–Kier alpha value is -1.77. The first kappa shape index (κ1) is 19.6. The van der Waals surface area contributed by atoms with Gasteiger partial charge in [0.1, 0.15) is 11.6 Å². The Balaban J connectivity index is 2.09. The van der Waals surface area contributed by atoms with E-state index in [-0.39, 0.29) is 0 Å². The van der Waals surface area contributed by atoms with Gasteiger partial charge in [0.05, 0.1) is 17.7 Å². The molecule has 0 aliphatic heterocycles. The molecule has 0 saturated heterocycles. The predicted molar refractivity (Wildman–Crippen MR) is 74.7 cm³/mol. The van der Waals surface area contributed by atoms with Gasteiger partial charge in [0.2, 0.25) is 5.95 Å². The van der Waals surface area contributed by atoms with Gasteiger partial charge in [0.25, 0.3) is 0 Å². The van der Waals surface area contributed by atoms with Crippen LogP contribution in [0.4, 0.5) is 26.3 Å². The number of allylic oxidation sites excluding steroid dienone is 2. The van der Waals surface area contributed by atoms with E-state index in [4.69, 9.17) is 16.3 Å². The highest BCUT2D eigenvalue weighted by Gasteiger charge is 2.62. The van der Waals surface area contributed by atoms with E-state index in [0.29, 0.717) is 12.3 Å². The molecule has 1 aromatic rings. The van der Waals surface area contributed by atoms with Crippen molar-refractivity contribution < 1.29 is 35.9 Å². The molecule has 1 aliphatic rings. The number of nitrogens with zero attached hydrogens (tertiary/aromatic N) is 1. The molecule has 2 rings (SSSR count). The van der Waals surface area contributed by atoms with E-state index < -0.39 is 64.2 Å². The highest BCUT2D eigenvalue weighted by atomic mass is 35.5. The van der Waals surface area contributed by atoms with E-state index in [2.05, 4.69) is 4.98 Å². The third-order valence-electron chi connectivity index (χ3n) is 4.15. The summed E-state index contributed by atoms with van der Waals surface area (Å²) in [4.78, 5) is 14.8. The van der Waals surface area contributed by atoms with Gasteiger partial charge in [0, 0.05) is 0 Å². The first-order valence-electron chi connectivity index (χ1n) is 6.97. The summed E-state index contributed by atoms with van der Waals surface area (Å²) in [6.45, 7) is 2.13. The maximum absolute atomic E-state index is 13.4. The Labute approximate surface area is 143 Å². The van der Waals surface area contributed by atoms with Gasteiger partial charge in [-0.05, 0) is 11.3 Å². The number of halogens is 7. The third kappa shape index (κ3) is 3.91. The first-order chi connectivity index (χ1) is 11.4. The number of hydrogen-bond donors (Lipinski definition) is 0. The summed E-state index contributed by atoms with van der Waals surface area (Å²) < 4.78 is 82.0. The number of carbonyl (C=O) groups is 1. The summed E-state index contributed by atoms with van der Waals surface area (Å²) in [7, 11) is 0. The lowest BCUT2D eigenvalue weighted by atomic mass is 10.1. The molecule has 0 bridgehead atoms. The van der Waals surface area contributed by atoms with Crippen LogP contribution in [0.25, 0.3) is 0 Å². The van der Waals surface area contributed by atoms with E-state index in [1.54, 1.807) is 0 Å². The monoisotopic (exact) mass is 387 g/mol. The summed E-state index contributed by atoms with van der Waals surface area (Å²) in [5.74, 6) is -7.15. The van der Waals surface area contributed by atoms with Gasteiger partial charge >= 0.3 is 12.1 Å². The molecule has 2 unspecified atom stereocenters. The lowest BCUT2D eigenvalue weighted by molar-refractivity contribution is -0.147. The Morgan fingerprint density at radius 3 is 2.52 bits per heavy atom. The van der Waals surface area contributed by atoms with Gasteiger partial charge < -0.3 is 4.74 Å². The van der Waals surface area contributed by atoms with Crippen LogP contribution in [0.1, 0.15) is 19.4 Å². The molecule has 1 fully saturated rings. The number of rotatable bonds is 4. The molecule has 0 amide bonds. The standard InChI is InChI=1S/C15H12ClF6NO2/c1-14(2)7(3-9(16)15(20,21)22)10(14)13(24)25-5-6-8(17)4-23-12(19)11(6)18/h3-4,7,10H,5H2,1-2H3. The maximum atomic E-state index is 13.4. The molecule has 1 heterocycles. The minimum absolute atomic E-state index is 0.428. The van der Waals surface area contributed by atoms with Crippen molar-refractivity contribution in [3.63, 3.8) is 0 Å². The second-order valence-corrected chi connectivity index (χ2v) is 6.54. The van der Waals surface area contributed by atoms with Crippen LogP contribution in [0.2, 0.25) is 0 Å². The predicted octanol–water partition coefficient (Wildman–Crippen LogP) is 4.50. The molecule has 10 heteroatoms. The second kappa shape index (κ2) is 6.51. The topological polar surface area (TPSA) is 39.2 Å². The molecule has 1 aliphatic carbocycles. The zero-order valence-corrected chi connectivity index (χ0v) is 13.7. The minimum atomic E-state index is -4.74. The summed E-state index contributed by atoms with van der Waals surface area (Å²) in [6, 6.07) is 0. The lowest BCUT2D eigenvalue weighted by Gasteiger charge is -2.07. The molecule has 0 spiro atoms. The van der Waals surface area contributed by atoms with Crippen molar-refractivity contribution in [2.45, 2.75) is 26.6 Å². The van der Waals surface area contributed by atoms with E-state index in [1.165, 1.54) is 13.8 Å². The number of alkyl halides is 3. The molecule has 0 N–H and O–H groups in total. The zero-order chi connectivity index (χ0) is 19.2. The fourth-order valence-electron chi connectivity index (χ4n) is 2.53. The number of carbonyl (C=O) groups excluding carboxylic acids is 1. The summed E-state index contributed by atoms with van der Waals surface area (Å²) >= 11 is 5.16. The fourth-order valence-corrected chi connectivity index (χ4v) is 2.67. The number of aromatic nitrogens is 1. The van der Waals surface area contributed by atoms with Crippen molar-refractivity contribution in [3.05, 3.63) is 40.5 Å². The van der Waals surface area contributed by atoms with Crippen molar-refractivity contribution >= 4 is 17.6 Å². The largest absolute Gasteiger partial charge is 0.460 e. The number of hydrogen-bond acceptors (Lipinski definition) is 3. The van der Waals surface area contributed by atoms with Crippen molar-refractivity contribution in [2.24, 2.45) is 17.3 Å². The molecular weight excluding hydrogens is 376 g/mol. The molecule has 0 radical (unpaired) electrons. The van der Waals surface area contributed by atoms with Gasteiger partial charge in [-0.3, -0.25) is 4.79 Å². The van der Waals surface area contributed by atoms with Gasteiger partial charge in [-0.2, -0.15) is 17.6 Å². The molecule has 0 aromatic carbocycles. The third-order valence-corrected chi connectivity index (χ3v) is 4.49. The maximum Gasteiger partial charge on any atom is 0.426 e. The SMILES string of the molecule is CC1(C)C(C=C(Cl)C(F)(F)F)C1C(=O)OCc1c(F)cnc(F)c1F. The van der Waals surface area contributed by atoms with Gasteiger partial charge in [-0.1, -0.05) is 31.5 Å². The van der Waals surface area contributed by atoms with Crippen LogP contribution in [0.15, 0.2) is 17.3 Å². The van der Waals surface area contributed by atoms with Crippen molar-refractivity contribution in [3.8, 4) is 0 Å². The molecule has 25 heavy (non-hydrogen) atoms. The lowest BCUT2D eigenvalue weighted by Crippen LogP contribution is -2.13. The summed E-state index contributed by atoms with van der Waals surface area (Å²) in [5.41, 5.74) is -1.71. The highest BCUT2D eigenvalue weighted by Crippen LogP contribution is 2.60. The van der Waals surface area contributed by atoms with Gasteiger partial charge in [0.15, 0.2) is 11.6 Å². The van der Waals surface area contributed by atoms with Crippen LogP contribution in [-0.2, 0) is 16.1 Å². The second-order valence-electron chi connectivity index (χ2n) is 6.13. The minimum Gasteiger partial charge on any atom is -0.460 e. The molecule has 138 valence electrons. The molecule has 1 aromatic heterocycles. The molecule has 2 atom stereocenters. The normalized spacial score (nSPS) is 22.7. The molecule has 3 nitrogen and oxygen atoms in total. The molecule has 1 saturated carbocycles. The van der Waals surface area contributed by atoms with Crippen LogP contribution in [-0.4, -0.2) is 17.1 Å². The fraction of sp³-hybridized carbons (Fsp3) is 0.467. The average molecular weight is 388 g/mol. The van der Waals surface area contributed by atoms with E-state index in [0.717, 1.165) is 0 Å². The van der Waals surface area contributed by atoms with Crippen LogP contribution < -0.4 is 0 Å². The van der Waals surface area contributed by atoms with Crippen molar-refractivity contribution in [1.29, 1.82) is 0 Å². The van der Waals surface area contributed by atoms with Crippen LogP contribution >= 0.6 is 11.6 Å². The Morgan fingerprint density at radius 1 is 1.36 bits per heavy atom. The Kier molecular flexibility index (Phi) is 5.09. The van der Waals surface area contributed by atoms with E-state index >= 15 is 0 Å². The van der Waals surface area contributed by atoms with Crippen LogP contribution in [0.5, 0.6) is 0 Å². The van der Waals surface area contributed by atoms with Crippen molar-refractivity contribution in [1.82, 2.24) is 4.98 Å². The van der Waals surface area contributed by atoms with Crippen molar-refractivity contribution in [2.75, 3.05) is 0 Å². The smallest absolute Gasteiger partial charge is 0.426 e. The first-order valence-corrected chi connectivity index (χ1v) is 7.34. The van der Waals surface area contributed by atoms with Crippen LogP contribution in [0, 0.1) is 34.8 Å². The number of esters is 1. The molecular formula is C15H12ClF6NO2. The van der Waals surface area contributed by atoms with Gasteiger partial charge in [-0.25, -0.2) is 13.8 Å². The van der Waals surface area contributed by atoms with E-state index in [1.807, 2.05) is 0 Å². The summed E-state index contributed by atoms with van der Waals surface area (Å²) in [6.07, 6.45) is -3.60. The number of ether oxygens (including phenoxy) is 1. The quantitative estimate of drug-likeness (QED) is 0.434. The van der Waals surface area contributed by atoms with E-state index in [9.17, 15) is 31.1 Å². The highest BCUT2D eigenvalue weighted by molar-refractivity contribution is 6.30. The Bertz CT molecular complexity index is 731. The zero-order valence-electron chi connectivity index (χ0n) is 12.9. The Morgan fingerprint density at radius 2 is 1.96 bits per heavy atom. The van der Waals surface area contributed by atoms with Crippen LogP contribution in [0.3, 0.4) is 0 Å². The number of pyridine rings is 1.